The van der Waals surface area contributed by atoms with Gasteiger partial charge in [0.05, 0.1) is 11.4 Å². The van der Waals surface area contributed by atoms with Gasteiger partial charge in [0, 0.05) is 24.5 Å². The third kappa shape index (κ3) is 2.20. The second kappa shape index (κ2) is 5.24. The van der Waals surface area contributed by atoms with Gasteiger partial charge in [-0.2, -0.15) is 0 Å². The van der Waals surface area contributed by atoms with Gasteiger partial charge in [0.25, 0.3) is 0 Å². The summed E-state index contributed by atoms with van der Waals surface area (Å²) in [5.41, 5.74) is 6.14. The van der Waals surface area contributed by atoms with Crippen LogP contribution < -0.4 is 16.3 Å². The molecule has 0 amide bonds. The number of carbonyl (C=O) groups is 1. The van der Waals surface area contributed by atoms with Gasteiger partial charge in [-0.05, 0) is 26.0 Å². The summed E-state index contributed by atoms with van der Waals surface area (Å²) in [6.07, 6.45) is 0. The average molecular weight is 276 g/mol. The SMILES string of the molecule is CCN(CC)c1c(N)cc2ccc(=O)oc2c1C(=O)O. The van der Waals surface area contributed by atoms with Crippen LogP contribution in [-0.4, -0.2) is 24.2 Å². The van der Waals surface area contributed by atoms with Crippen LogP contribution in [0.25, 0.3) is 11.0 Å². The fourth-order valence-corrected chi connectivity index (χ4v) is 2.30. The Balaban J connectivity index is 2.92. The van der Waals surface area contributed by atoms with E-state index in [0.717, 1.165) is 0 Å². The Morgan fingerprint density at radius 2 is 2.00 bits per heavy atom. The first-order chi connectivity index (χ1) is 9.49. The minimum absolute atomic E-state index is 0.0566. The molecule has 0 saturated carbocycles. The maximum Gasteiger partial charge on any atom is 0.341 e. The number of rotatable bonds is 4. The van der Waals surface area contributed by atoms with Crippen LogP contribution in [0.15, 0.2) is 27.4 Å². The van der Waals surface area contributed by atoms with Crippen molar-refractivity contribution in [3.8, 4) is 0 Å². The lowest BCUT2D eigenvalue weighted by Gasteiger charge is -2.25. The van der Waals surface area contributed by atoms with Gasteiger partial charge in [0.2, 0.25) is 0 Å². The van der Waals surface area contributed by atoms with E-state index < -0.39 is 11.6 Å². The summed E-state index contributed by atoms with van der Waals surface area (Å²) in [4.78, 5) is 24.8. The Bertz CT molecular complexity index is 717. The van der Waals surface area contributed by atoms with Crippen LogP contribution in [0.1, 0.15) is 24.2 Å². The van der Waals surface area contributed by atoms with Crippen molar-refractivity contribution in [3.63, 3.8) is 0 Å². The molecular formula is C14H16N2O4. The number of nitrogen functional groups attached to an aromatic ring is 1. The van der Waals surface area contributed by atoms with E-state index in [2.05, 4.69) is 0 Å². The summed E-state index contributed by atoms with van der Waals surface area (Å²) < 4.78 is 5.07. The first-order valence-corrected chi connectivity index (χ1v) is 6.34. The third-order valence-electron chi connectivity index (χ3n) is 3.21. The summed E-state index contributed by atoms with van der Waals surface area (Å²) in [5, 5.41) is 9.97. The second-order valence-corrected chi connectivity index (χ2v) is 4.34. The molecule has 0 spiro atoms. The molecule has 0 bridgehead atoms. The zero-order valence-electron chi connectivity index (χ0n) is 11.3. The maximum absolute atomic E-state index is 11.6. The first kappa shape index (κ1) is 13.9. The number of nitrogens with two attached hydrogens (primary N) is 1. The molecule has 2 aromatic rings. The molecule has 0 aliphatic rings. The van der Waals surface area contributed by atoms with Crippen molar-refractivity contribution in [1.29, 1.82) is 0 Å². The van der Waals surface area contributed by atoms with Gasteiger partial charge in [-0.1, -0.05) is 0 Å². The minimum atomic E-state index is -1.17. The molecule has 0 atom stereocenters. The lowest BCUT2D eigenvalue weighted by Crippen LogP contribution is -2.25. The summed E-state index contributed by atoms with van der Waals surface area (Å²) in [6.45, 7) is 5.01. The number of nitrogens with zero attached hydrogens (tertiary/aromatic N) is 1. The standard InChI is InChI=1S/C14H16N2O4/c1-3-16(4-2)12-9(15)7-8-5-6-10(17)20-13(8)11(12)14(18)19/h5-7H,3-4,15H2,1-2H3,(H,18,19). The largest absolute Gasteiger partial charge is 0.477 e. The van der Waals surface area contributed by atoms with Crippen LogP contribution in [0.2, 0.25) is 0 Å². The number of carboxylic acids is 1. The molecule has 0 radical (unpaired) electrons. The minimum Gasteiger partial charge on any atom is -0.477 e. The van der Waals surface area contributed by atoms with Gasteiger partial charge in [-0.3, -0.25) is 0 Å². The predicted octanol–water partition coefficient (Wildman–Crippen LogP) is 1.92. The smallest absolute Gasteiger partial charge is 0.341 e. The molecule has 3 N–H and O–H groups in total. The zero-order chi connectivity index (χ0) is 14.9. The molecule has 1 aromatic heterocycles. The monoisotopic (exact) mass is 276 g/mol. The number of hydrogen-bond donors (Lipinski definition) is 2. The molecule has 1 heterocycles. The number of aromatic carboxylic acids is 1. The molecule has 20 heavy (non-hydrogen) atoms. The predicted molar refractivity (Wildman–Crippen MR) is 77.4 cm³/mol. The van der Waals surface area contributed by atoms with Crippen LogP contribution in [0.5, 0.6) is 0 Å². The van der Waals surface area contributed by atoms with Gasteiger partial charge in [0.1, 0.15) is 5.56 Å². The lowest BCUT2D eigenvalue weighted by molar-refractivity contribution is 0.0698. The molecule has 6 heteroatoms. The molecule has 0 fully saturated rings. The van der Waals surface area contributed by atoms with Gasteiger partial charge in [0.15, 0.2) is 5.58 Å². The van der Waals surface area contributed by atoms with Gasteiger partial charge >= 0.3 is 11.6 Å². The van der Waals surface area contributed by atoms with Crippen molar-refractivity contribution >= 4 is 28.3 Å². The fraction of sp³-hybridized carbons (Fsp3) is 0.286. The second-order valence-electron chi connectivity index (χ2n) is 4.34. The van der Waals surface area contributed by atoms with Crippen LogP contribution in [0.4, 0.5) is 11.4 Å². The average Bonchev–Trinajstić information content (AvgIpc) is 2.40. The quantitative estimate of drug-likeness (QED) is 0.654. The highest BCUT2D eigenvalue weighted by atomic mass is 16.4. The highest BCUT2D eigenvalue weighted by Gasteiger charge is 2.23. The fourth-order valence-electron chi connectivity index (χ4n) is 2.30. The van der Waals surface area contributed by atoms with Crippen molar-refractivity contribution in [2.45, 2.75) is 13.8 Å². The normalized spacial score (nSPS) is 10.7. The molecular weight excluding hydrogens is 260 g/mol. The topological polar surface area (TPSA) is 96.8 Å². The molecule has 106 valence electrons. The Morgan fingerprint density at radius 3 is 2.55 bits per heavy atom. The lowest BCUT2D eigenvalue weighted by atomic mass is 10.1. The Labute approximate surface area is 115 Å². The van der Waals surface area contributed by atoms with Gasteiger partial charge in [-0.15, -0.1) is 0 Å². The van der Waals surface area contributed by atoms with Crippen molar-refractivity contribution in [2.24, 2.45) is 0 Å². The highest BCUT2D eigenvalue weighted by Crippen LogP contribution is 2.34. The molecule has 0 unspecified atom stereocenters. The third-order valence-corrected chi connectivity index (χ3v) is 3.21. The van der Waals surface area contributed by atoms with E-state index >= 15 is 0 Å². The number of benzene rings is 1. The van der Waals surface area contributed by atoms with Crippen LogP contribution in [0.3, 0.4) is 0 Å². The van der Waals surface area contributed by atoms with Crippen molar-refractivity contribution in [1.82, 2.24) is 0 Å². The summed E-state index contributed by atoms with van der Waals surface area (Å²) in [7, 11) is 0. The van der Waals surface area contributed by atoms with E-state index in [4.69, 9.17) is 10.2 Å². The first-order valence-electron chi connectivity index (χ1n) is 6.34. The molecule has 0 aliphatic carbocycles. The van der Waals surface area contributed by atoms with E-state index in [1.807, 2.05) is 18.7 Å². The Kier molecular flexibility index (Phi) is 3.65. The van der Waals surface area contributed by atoms with E-state index in [0.29, 0.717) is 29.9 Å². The molecule has 1 aromatic carbocycles. The van der Waals surface area contributed by atoms with E-state index in [1.54, 1.807) is 6.07 Å². The molecule has 6 nitrogen and oxygen atoms in total. The summed E-state index contributed by atoms with van der Waals surface area (Å²) >= 11 is 0. The summed E-state index contributed by atoms with van der Waals surface area (Å²) in [6, 6.07) is 4.37. The van der Waals surface area contributed by atoms with Crippen LogP contribution in [-0.2, 0) is 0 Å². The molecule has 0 aliphatic heterocycles. The van der Waals surface area contributed by atoms with Crippen LogP contribution >= 0.6 is 0 Å². The number of anilines is 2. The zero-order valence-corrected chi connectivity index (χ0v) is 11.3. The van der Waals surface area contributed by atoms with Crippen molar-refractivity contribution in [2.75, 3.05) is 23.7 Å². The van der Waals surface area contributed by atoms with Crippen LogP contribution in [0, 0.1) is 0 Å². The van der Waals surface area contributed by atoms with Crippen molar-refractivity contribution in [3.05, 3.63) is 34.2 Å². The van der Waals surface area contributed by atoms with Gasteiger partial charge in [-0.25, -0.2) is 9.59 Å². The highest BCUT2D eigenvalue weighted by molar-refractivity contribution is 6.09. The molecule has 0 saturated heterocycles. The Hall–Kier alpha value is -2.50. The van der Waals surface area contributed by atoms with E-state index in [9.17, 15) is 14.7 Å². The summed E-state index contributed by atoms with van der Waals surface area (Å²) in [5.74, 6) is -1.17. The molecule has 2 rings (SSSR count). The Morgan fingerprint density at radius 1 is 1.35 bits per heavy atom. The number of hydrogen-bond acceptors (Lipinski definition) is 5. The van der Waals surface area contributed by atoms with E-state index in [1.165, 1.54) is 12.1 Å². The van der Waals surface area contributed by atoms with Gasteiger partial charge < -0.3 is 20.2 Å². The number of carboxylic acid groups (broad SMARTS) is 1. The van der Waals surface area contributed by atoms with Crippen molar-refractivity contribution < 1.29 is 14.3 Å². The van der Waals surface area contributed by atoms with E-state index in [-0.39, 0.29) is 11.1 Å². The number of fused-ring (bicyclic) bond motifs is 1. The maximum atomic E-state index is 11.6.